The molecule has 0 aliphatic carbocycles. The number of halogens is 1. The van der Waals surface area contributed by atoms with Gasteiger partial charge in [-0.1, -0.05) is 24.3 Å². The smallest absolute Gasteiger partial charge is 0.119 e. The van der Waals surface area contributed by atoms with Crippen LogP contribution in [0.4, 0.5) is 0 Å². The summed E-state index contributed by atoms with van der Waals surface area (Å²) in [5.74, 6) is 0.902. The number of ether oxygens (including phenoxy) is 1. The van der Waals surface area contributed by atoms with E-state index in [0.717, 1.165) is 31.9 Å². The molecular formula is C21H24ClN3O. The highest BCUT2D eigenvalue weighted by molar-refractivity contribution is 5.85. The molecule has 0 radical (unpaired) electrons. The third kappa shape index (κ3) is 3.98. The number of nitrogens with zero attached hydrogens (tertiary/aromatic N) is 2. The maximum absolute atomic E-state index is 5.32. The first kappa shape index (κ1) is 18.6. The quantitative estimate of drug-likeness (QED) is 0.758. The molecule has 1 aliphatic heterocycles. The third-order valence-electron chi connectivity index (χ3n) is 4.92. The Bertz CT molecular complexity index is 856. The van der Waals surface area contributed by atoms with Gasteiger partial charge in [0.25, 0.3) is 0 Å². The van der Waals surface area contributed by atoms with E-state index in [1.54, 1.807) is 7.11 Å². The maximum Gasteiger partial charge on any atom is 0.119 e. The van der Waals surface area contributed by atoms with Crippen molar-refractivity contribution in [1.29, 1.82) is 0 Å². The molecule has 1 unspecified atom stereocenters. The molecule has 1 N–H and O–H groups in total. The average Bonchev–Trinajstić information content (AvgIpc) is 2.68. The van der Waals surface area contributed by atoms with Crippen molar-refractivity contribution in [3.05, 3.63) is 72.1 Å². The van der Waals surface area contributed by atoms with E-state index >= 15 is 0 Å². The van der Waals surface area contributed by atoms with Crippen molar-refractivity contribution in [3.8, 4) is 5.75 Å². The molecule has 0 saturated carbocycles. The third-order valence-corrected chi connectivity index (χ3v) is 4.92. The predicted molar refractivity (Wildman–Crippen MR) is 108 cm³/mol. The molecule has 1 aliphatic rings. The van der Waals surface area contributed by atoms with Gasteiger partial charge in [0, 0.05) is 44.6 Å². The van der Waals surface area contributed by atoms with Gasteiger partial charge >= 0.3 is 0 Å². The van der Waals surface area contributed by atoms with E-state index in [4.69, 9.17) is 4.74 Å². The lowest BCUT2D eigenvalue weighted by molar-refractivity contribution is 0.153. The van der Waals surface area contributed by atoms with Crippen molar-refractivity contribution in [2.24, 2.45) is 0 Å². The number of piperazine rings is 1. The lowest BCUT2D eigenvalue weighted by atomic mass is 10.0. The van der Waals surface area contributed by atoms with Crippen LogP contribution in [0.25, 0.3) is 10.8 Å². The SMILES string of the molecule is COc1ccc2cc(CN3CCNCC3c3cccnc3)ccc2c1.Cl. The predicted octanol–water partition coefficient (Wildman–Crippen LogP) is 3.81. The molecule has 2 heterocycles. The Morgan fingerprint density at radius 2 is 2.00 bits per heavy atom. The van der Waals surface area contributed by atoms with Crippen LogP contribution in [-0.2, 0) is 6.54 Å². The molecule has 1 atom stereocenters. The van der Waals surface area contributed by atoms with Gasteiger partial charge in [-0.25, -0.2) is 0 Å². The highest BCUT2D eigenvalue weighted by Crippen LogP contribution is 2.26. The second kappa shape index (κ2) is 8.49. The normalized spacial score (nSPS) is 17.7. The van der Waals surface area contributed by atoms with Crippen LogP contribution in [0.15, 0.2) is 60.9 Å². The largest absolute Gasteiger partial charge is 0.497 e. The fraction of sp³-hybridized carbons (Fsp3) is 0.286. The van der Waals surface area contributed by atoms with Crippen LogP contribution in [0.3, 0.4) is 0 Å². The summed E-state index contributed by atoms with van der Waals surface area (Å²) in [6, 6.07) is 17.5. The van der Waals surface area contributed by atoms with E-state index in [9.17, 15) is 0 Å². The van der Waals surface area contributed by atoms with Gasteiger partial charge in [-0.15, -0.1) is 12.4 Å². The molecule has 5 heteroatoms. The van der Waals surface area contributed by atoms with Gasteiger partial charge in [0.2, 0.25) is 0 Å². The van der Waals surface area contributed by atoms with Gasteiger partial charge in [-0.2, -0.15) is 0 Å². The van der Waals surface area contributed by atoms with Crippen LogP contribution in [0.1, 0.15) is 17.2 Å². The zero-order chi connectivity index (χ0) is 17.1. The number of nitrogens with one attached hydrogen (secondary N) is 1. The highest BCUT2D eigenvalue weighted by Gasteiger charge is 2.23. The first-order chi connectivity index (χ1) is 12.3. The number of hydrogen-bond donors (Lipinski definition) is 1. The Kier molecular flexibility index (Phi) is 6.09. The Labute approximate surface area is 160 Å². The summed E-state index contributed by atoms with van der Waals surface area (Å²) in [6.07, 6.45) is 3.82. The van der Waals surface area contributed by atoms with Gasteiger partial charge in [0.05, 0.1) is 7.11 Å². The van der Waals surface area contributed by atoms with Crippen molar-refractivity contribution < 1.29 is 4.74 Å². The molecule has 0 spiro atoms. The zero-order valence-electron chi connectivity index (χ0n) is 14.9. The molecule has 2 aromatic carbocycles. The first-order valence-corrected chi connectivity index (χ1v) is 8.75. The van der Waals surface area contributed by atoms with E-state index in [2.05, 4.69) is 51.6 Å². The lowest BCUT2D eigenvalue weighted by Gasteiger charge is -2.36. The second-order valence-electron chi connectivity index (χ2n) is 6.52. The fourth-order valence-corrected chi connectivity index (χ4v) is 3.57. The first-order valence-electron chi connectivity index (χ1n) is 8.75. The standard InChI is InChI=1S/C21H23N3O.ClH/c1-25-20-7-6-17-11-16(4-5-18(17)12-20)15-24-10-9-23-14-21(24)19-3-2-8-22-13-19;/h2-8,11-13,21,23H,9-10,14-15H2,1H3;1H. The number of hydrogen-bond acceptors (Lipinski definition) is 4. The maximum atomic E-state index is 5.32. The summed E-state index contributed by atoms with van der Waals surface area (Å²) >= 11 is 0. The highest BCUT2D eigenvalue weighted by atomic mass is 35.5. The molecule has 26 heavy (non-hydrogen) atoms. The minimum Gasteiger partial charge on any atom is -0.497 e. The van der Waals surface area contributed by atoms with Crippen molar-refractivity contribution in [2.75, 3.05) is 26.7 Å². The zero-order valence-corrected chi connectivity index (χ0v) is 15.7. The number of fused-ring (bicyclic) bond motifs is 1. The molecule has 0 amide bonds. The van der Waals surface area contributed by atoms with Crippen LogP contribution < -0.4 is 10.1 Å². The second-order valence-corrected chi connectivity index (χ2v) is 6.52. The number of aromatic nitrogens is 1. The van der Waals surface area contributed by atoms with Gasteiger partial charge < -0.3 is 10.1 Å². The molecule has 4 nitrogen and oxygen atoms in total. The molecule has 1 fully saturated rings. The van der Waals surface area contributed by atoms with E-state index in [1.165, 1.54) is 21.9 Å². The molecular weight excluding hydrogens is 346 g/mol. The Morgan fingerprint density at radius 1 is 1.15 bits per heavy atom. The van der Waals surface area contributed by atoms with E-state index in [0.29, 0.717) is 6.04 Å². The minimum atomic E-state index is 0. The van der Waals surface area contributed by atoms with E-state index in [1.807, 2.05) is 24.5 Å². The van der Waals surface area contributed by atoms with Gasteiger partial charge in [0.1, 0.15) is 5.75 Å². The fourth-order valence-electron chi connectivity index (χ4n) is 3.57. The minimum absolute atomic E-state index is 0. The Hall–Kier alpha value is -2.14. The van der Waals surface area contributed by atoms with Crippen LogP contribution in [0.5, 0.6) is 5.75 Å². The number of methoxy groups -OCH3 is 1. The molecule has 1 saturated heterocycles. The van der Waals surface area contributed by atoms with E-state index < -0.39 is 0 Å². The summed E-state index contributed by atoms with van der Waals surface area (Å²) in [5, 5.41) is 5.98. The van der Waals surface area contributed by atoms with Gasteiger partial charge in [-0.3, -0.25) is 9.88 Å². The van der Waals surface area contributed by atoms with Gasteiger partial charge in [0.15, 0.2) is 0 Å². The summed E-state index contributed by atoms with van der Waals surface area (Å²) in [6.45, 7) is 3.99. The molecule has 4 rings (SSSR count). The monoisotopic (exact) mass is 369 g/mol. The molecule has 136 valence electrons. The summed E-state index contributed by atoms with van der Waals surface area (Å²) in [5.41, 5.74) is 2.62. The van der Waals surface area contributed by atoms with Crippen molar-refractivity contribution in [1.82, 2.24) is 15.2 Å². The Balaban J connectivity index is 0.00000196. The van der Waals surface area contributed by atoms with Crippen LogP contribution in [0.2, 0.25) is 0 Å². The average molecular weight is 370 g/mol. The topological polar surface area (TPSA) is 37.4 Å². The molecule has 0 bridgehead atoms. The summed E-state index contributed by atoms with van der Waals surface area (Å²) in [4.78, 5) is 6.83. The van der Waals surface area contributed by atoms with Crippen molar-refractivity contribution in [3.63, 3.8) is 0 Å². The summed E-state index contributed by atoms with van der Waals surface area (Å²) < 4.78 is 5.32. The molecule has 3 aromatic rings. The van der Waals surface area contributed by atoms with Crippen LogP contribution in [0, 0.1) is 0 Å². The number of rotatable bonds is 4. The number of benzene rings is 2. The number of pyridine rings is 1. The lowest BCUT2D eigenvalue weighted by Crippen LogP contribution is -2.45. The summed E-state index contributed by atoms with van der Waals surface area (Å²) in [7, 11) is 1.71. The van der Waals surface area contributed by atoms with Gasteiger partial charge in [-0.05, 0) is 46.2 Å². The van der Waals surface area contributed by atoms with E-state index in [-0.39, 0.29) is 12.4 Å². The van der Waals surface area contributed by atoms with Crippen molar-refractivity contribution >= 4 is 23.2 Å². The molecule has 1 aromatic heterocycles. The van der Waals surface area contributed by atoms with Crippen LogP contribution in [-0.4, -0.2) is 36.6 Å². The Morgan fingerprint density at radius 3 is 2.81 bits per heavy atom. The van der Waals surface area contributed by atoms with Crippen LogP contribution >= 0.6 is 12.4 Å². The van der Waals surface area contributed by atoms with Crippen molar-refractivity contribution in [2.45, 2.75) is 12.6 Å².